The predicted octanol–water partition coefficient (Wildman–Crippen LogP) is 3.00. The Bertz CT molecular complexity index is 439. The topological polar surface area (TPSA) is 38.8 Å². The molecule has 0 saturated carbocycles. The summed E-state index contributed by atoms with van der Waals surface area (Å²) in [5.74, 6) is -0.215. The Balaban J connectivity index is 3.28. The molecule has 0 atom stereocenters. The first-order chi connectivity index (χ1) is 10.1. The van der Waals surface area contributed by atoms with Gasteiger partial charge >= 0.3 is 0 Å². The highest BCUT2D eigenvalue weighted by molar-refractivity contribution is 6.29. The lowest BCUT2D eigenvalue weighted by Gasteiger charge is -2.29. The summed E-state index contributed by atoms with van der Waals surface area (Å²) in [6.07, 6.45) is 1.21. The summed E-state index contributed by atoms with van der Waals surface area (Å²) in [7, 11) is 3.12. The van der Waals surface area contributed by atoms with Crippen LogP contribution < -0.4 is 4.90 Å². The molecule has 0 aromatic heterocycles. The van der Waals surface area contributed by atoms with Gasteiger partial charge in [0.05, 0.1) is 12.2 Å². The Labute approximate surface area is 132 Å². The van der Waals surface area contributed by atoms with E-state index in [0.29, 0.717) is 6.54 Å². The van der Waals surface area contributed by atoms with E-state index in [9.17, 15) is 4.79 Å². The number of ether oxygens (including phenoxy) is 2. The maximum atomic E-state index is 12.3. The number of para-hydroxylation sites is 1. The number of carbonyl (C=O) groups is 1. The monoisotopic (exact) mass is 313 g/mol. The molecule has 1 aromatic carbocycles. The van der Waals surface area contributed by atoms with Crippen LogP contribution in [0.1, 0.15) is 25.0 Å². The molecule has 0 heterocycles. The zero-order valence-electron chi connectivity index (χ0n) is 13.2. The molecule has 5 heteroatoms. The first kappa shape index (κ1) is 18.0. The summed E-state index contributed by atoms with van der Waals surface area (Å²) in [4.78, 5) is 14.0. The van der Waals surface area contributed by atoms with E-state index in [-0.39, 0.29) is 11.8 Å². The molecule has 4 nitrogen and oxygen atoms in total. The van der Waals surface area contributed by atoms with Crippen molar-refractivity contribution in [1.82, 2.24) is 0 Å². The van der Waals surface area contributed by atoms with Gasteiger partial charge in [-0.15, -0.1) is 11.6 Å². The minimum absolute atomic E-state index is 0.0681. The third-order valence-corrected chi connectivity index (χ3v) is 3.74. The van der Waals surface area contributed by atoms with Crippen LogP contribution in [0, 0.1) is 0 Å². The van der Waals surface area contributed by atoms with Crippen molar-refractivity contribution in [3.05, 3.63) is 29.3 Å². The third kappa shape index (κ3) is 4.43. The summed E-state index contributed by atoms with van der Waals surface area (Å²) in [5.41, 5.74) is 3.18. The fraction of sp³-hybridized carbons (Fsp3) is 0.562. The van der Waals surface area contributed by atoms with Crippen LogP contribution >= 0.6 is 11.6 Å². The van der Waals surface area contributed by atoms with Crippen LogP contribution in [0.3, 0.4) is 0 Å². The summed E-state index contributed by atoms with van der Waals surface area (Å²) in [5, 5.41) is 0. The highest BCUT2D eigenvalue weighted by Gasteiger charge is 2.23. The van der Waals surface area contributed by atoms with E-state index in [0.717, 1.165) is 29.7 Å². The van der Waals surface area contributed by atoms with E-state index in [4.69, 9.17) is 21.1 Å². The minimum atomic E-state index is -0.480. The number of benzene rings is 1. The molecule has 0 bridgehead atoms. The third-order valence-electron chi connectivity index (χ3n) is 3.51. The van der Waals surface area contributed by atoms with Crippen molar-refractivity contribution < 1.29 is 14.3 Å². The van der Waals surface area contributed by atoms with Crippen LogP contribution in [0.25, 0.3) is 0 Å². The first-order valence-corrected chi connectivity index (χ1v) is 7.68. The van der Waals surface area contributed by atoms with Crippen molar-refractivity contribution in [3.8, 4) is 0 Å². The zero-order chi connectivity index (χ0) is 15.8. The summed E-state index contributed by atoms with van der Waals surface area (Å²) in [6, 6.07) is 6.10. The average molecular weight is 314 g/mol. The lowest BCUT2D eigenvalue weighted by Crippen LogP contribution is -2.41. The van der Waals surface area contributed by atoms with Crippen LogP contribution in [0.4, 0.5) is 5.69 Å². The van der Waals surface area contributed by atoms with E-state index in [2.05, 4.69) is 13.8 Å². The quantitative estimate of drug-likeness (QED) is 0.547. The first-order valence-electron chi connectivity index (χ1n) is 7.15. The second-order valence-corrected chi connectivity index (χ2v) is 4.94. The number of amides is 1. The molecule has 0 N–H and O–H groups in total. The average Bonchev–Trinajstić information content (AvgIpc) is 2.54. The Morgan fingerprint density at radius 2 is 1.71 bits per heavy atom. The number of hydrogen-bond acceptors (Lipinski definition) is 3. The van der Waals surface area contributed by atoms with Crippen LogP contribution in [0.5, 0.6) is 0 Å². The molecule has 0 unspecified atom stereocenters. The summed E-state index contributed by atoms with van der Waals surface area (Å²) < 4.78 is 10.5. The van der Waals surface area contributed by atoms with Gasteiger partial charge in [-0.1, -0.05) is 32.0 Å². The van der Waals surface area contributed by atoms with E-state index < -0.39 is 6.29 Å². The molecule has 21 heavy (non-hydrogen) atoms. The molecule has 0 radical (unpaired) electrons. The molecule has 1 rings (SSSR count). The van der Waals surface area contributed by atoms with E-state index in [1.807, 2.05) is 18.2 Å². The summed E-state index contributed by atoms with van der Waals surface area (Å²) in [6.45, 7) is 4.47. The SMILES string of the molecule is CCc1cccc(CC)c1N(CC(OC)OC)C(=O)CCl. The molecule has 0 saturated heterocycles. The van der Waals surface area contributed by atoms with Gasteiger partial charge in [-0.3, -0.25) is 4.79 Å². The van der Waals surface area contributed by atoms with Crippen molar-refractivity contribution in [2.75, 3.05) is 31.5 Å². The van der Waals surface area contributed by atoms with Crippen molar-refractivity contribution in [2.45, 2.75) is 33.0 Å². The second-order valence-electron chi connectivity index (χ2n) is 4.67. The van der Waals surface area contributed by atoms with Gasteiger partial charge in [-0.05, 0) is 24.0 Å². The number of nitrogens with zero attached hydrogens (tertiary/aromatic N) is 1. The van der Waals surface area contributed by atoms with Gasteiger partial charge in [-0.25, -0.2) is 0 Å². The molecule has 0 aliphatic heterocycles. The molecule has 1 amide bonds. The Hall–Kier alpha value is -1.10. The largest absolute Gasteiger partial charge is 0.354 e. The van der Waals surface area contributed by atoms with E-state index in [1.54, 1.807) is 19.1 Å². The van der Waals surface area contributed by atoms with Crippen molar-refractivity contribution >= 4 is 23.2 Å². The smallest absolute Gasteiger partial charge is 0.242 e. The molecule has 0 aliphatic rings. The lowest BCUT2D eigenvalue weighted by atomic mass is 10.0. The van der Waals surface area contributed by atoms with Gasteiger partial charge in [-0.2, -0.15) is 0 Å². The van der Waals surface area contributed by atoms with E-state index in [1.165, 1.54) is 0 Å². The Morgan fingerprint density at radius 1 is 1.19 bits per heavy atom. The fourth-order valence-electron chi connectivity index (χ4n) is 2.35. The van der Waals surface area contributed by atoms with Crippen molar-refractivity contribution in [3.63, 3.8) is 0 Å². The Kier molecular flexibility index (Phi) is 7.72. The standard InChI is InChI=1S/C16H24ClNO3/c1-5-12-8-7-9-13(6-2)16(12)18(14(19)10-17)11-15(20-3)21-4/h7-9,15H,5-6,10-11H2,1-4H3. The number of rotatable bonds is 8. The normalized spacial score (nSPS) is 11.0. The molecule has 118 valence electrons. The zero-order valence-corrected chi connectivity index (χ0v) is 13.9. The number of alkyl halides is 1. The number of methoxy groups -OCH3 is 2. The maximum absolute atomic E-state index is 12.3. The molecule has 0 fully saturated rings. The summed E-state index contributed by atoms with van der Waals surface area (Å²) >= 11 is 5.78. The molecule has 0 aliphatic carbocycles. The number of carbonyl (C=O) groups excluding carboxylic acids is 1. The van der Waals surface area contributed by atoms with Crippen LogP contribution in [-0.2, 0) is 27.1 Å². The molecule has 1 aromatic rings. The van der Waals surface area contributed by atoms with Crippen LogP contribution in [0.15, 0.2) is 18.2 Å². The highest BCUT2D eigenvalue weighted by atomic mass is 35.5. The van der Waals surface area contributed by atoms with Crippen LogP contribution in [0.2, 0.25) is 0 Å². The van der Waals surface area contributed by atoms with Gasteiger partial charge in [0.1, 0.15) is 5.88 Å². The molecule has 0 spiro atoms. The van der Waals surface area contributed by atoms with Gasteiger partial charge in [0.2, 0.25) is 5.91 Å². The van der Waals surface area contributed by atoms with Gasteiger partial charge in [0.15, 0.2) is 6.29 Å². The predicted molar refractivity (Wildman–Crippen MR) is 86.1 cm³/mol. The lowest BCUT2D eigenvalue weighted by molar-refractivity contribution is -0.121. The van der Waals surface area contributed by atoms with Gasteiger partial charge in [0.25, 0.3) is 0 Å². The number of aryl methyl sites for hydroxylation is 2. The van der Waals surface area contributed by atoms with E-state index >= 15 is 0 Å². The molecular formula is C16H24ClNO3. The number of anilines is 1. The minimum Gasteiger partial charge on any atom is -0.354 e. The van der Waals surface area contributed by atoms with Gasteiger partial charge < -0.3 is 14.4 Å². The van der Waals surface area contributed by atoms with Crippen molar-refractivity contribution in [1.29, 1.82) is 0 Å². The highest BCUT2D eigenvalue weighted by Crippen LogP contribution is 2.28. The maximum Gasteiger partial charge on any atom is 0.242 e. The Morgan fingerprint density at radius 3 is 2.10 bits per heavy atom. The van der Waals surface area contributed by atoms with Crippen LogP contribution in [-0.4, -0.2) is 38.8 Å². The van der Waals surface area contributed by atoms with Gasteiger partial charge in [0, 0.05) is 14.2 Å². The number of hydrogen-bond donors (Lipinski definition) is 0. The fourth-order valence-corrected chi connectivity index (χ4v) is 2.49. The molecular weight excluding hydrogens is 290 g/mol. The van der Waals surface area contributed by atoms with Crippen molar-refractivity contribution in [2.24, 2.45) is 0 Å². The number of halogens is 1. The second kappa shape index (κ2) is 9.03.